The number of hydrogen-bond donors (Lipinski definition) is 1. The molecule has 0 spiro atoms. The van der Waals surface area contributed by atoms with Crippen molar-refractivity contribution in [2.24, 2.45) is 0 Å². The summed E-state index contributed by atoms with van der Waals surface area (Å²) >= 11 is 3.22. The standard InChI is InChI=1S/C9H8BrO2/c1-2-8(11)7-5-6(10)3-4-9(7)12/h2-5,12H,1H3. The van der Waals surface area contributed by atoms with Crippen molar-refractivity contribution in [3.63, 3.8) is 0 Å². The van der Waals surface area contributed by atoms with E-state index in [1.54, 1.807) is 19.1 Å². The number of phenolic OH excluding ortho intramolecular Hbond substituents is 1. The van der Waals surface area contributed by atoms with Crippen molar-refractivity contribution in [1.82, 2.24) is 0 Å². The molecular weight excluding hydrogens is 220 g/mol. The van der Waals surface area contributed by atoms with Crippen molar-refractivity contribution >= 4 is 21.7 Å². The monoisotopic (exact) mass is 227 g/mol. The van der Waals surface area contributed by atoms with Gasteiger partial charge in [0.25, 0.3) is 0 Å². The molecule has 1 N–H and O–H groups in total. The van der Waals surface area contributed by atoms with Gasteiger partial charge < -0.3 is 5.11 Å². The summed E-state index contributed by atoms with van der Waals surface area (Å²) in [7, 11) is 0. The van der Waals surface area contributed by atoms with E-state index in [2.05, 4.69) is 15.9 Å². The van der Waals surface area contributed by atoms with Crippen LogP contribution in [0.15, 0.2) is 22.7 Å². The molecule has 1 aromatic rings. The number of ketones is 1. The second-order valence-electron chi connectivity index (χ2n) is 2.31. The predicted octanol–water partition coefficient (Wildman–Crippen LogP) is 2.56. The van der Waals surface area contributed by atoms with Gasteiger partial charge in [-0.1, -0.05) is 22.9 Å². The molecule has 0 unspecified atom stereocenters. The topological polar surface area (TPSA) is 37.3 Å². The van der Waals surface area contributed by atoms with Crippen LogP contribution in [0.1, 0.15) is 17.3 Å². The van der Waals surface area contributed by atoms with Gasteiger partial charge in [0.15, 0.2) is 5.78 Å². The molecule has 63 valence electrons. The number of benzene rings is 1. The van der Waals surface area contributed by atoms with Gasteiger partial charge in [0, 0.05) is 10.9 Å². The summed E-state index contributed by atoms with van der Waals surface area (Å²) in [5.41, 5.74) is 0.326. The lowest BCUT2D eigenvalue weighted by atomic mass is 10.1. The van der Waals surface area contributed by atoms with Crippen LogP contribution in [0.5, 0.6) is 5.75 Å². The summed E-state index contributed by atoms with van der Waals surface area (Å²) in [5, 5.41) is 9.27. The highest BCUT2D eigenvalue weighted by atomic mass is 79.9. The van der Waals surface area contributed by atoms with Crippen molar-refractivity contribution in [3.05, 3.63) is 34.7 Å². The number of halogens is 1. The van der Waals surface area contributed by atoms with Crippen LogP contribution in [-0.2, 0) is 0 Å². The minimum atomic E-state index is -0.172. The maximum Gasteiger partial charge on any atom is 0.170 e. The normalized spacial score (nSPS) is 9.83. The van der Waals surface area contributed by atoms with Crippen LogP contribution in [0.2, 0.25) is 0 Å². The van der Waals surface area contributed by atoms with Crippen LogP contribution in [0.25, 0.3) is 0 Å². The van der Waals surface area contributed by atoms with Crippen molar-refractivity contribution in [1.29, 1.82) is 0 Å². The largest absolute Gasteiger partial charge is 0.507 e. The summed E-state index contributed by atoms with van der Waals surface area (Å²) in [6.07, 6.45) is 1.42. The molecule has 1 rings (SSSR count). The molecular formula is C9H8BrO2. The van der Waals surface area contributed by atoms with E-state index in [4.69, 9.17) is 0 Å². The van der Waals surface area contributed by atoms with Gasteiger partial charge in [-0.2, -0.15) is 0 Å². The van der Waals surface area contributed by atoms with E-state index in [9.17, 15) is 9.90 Å². The van der Waals surface area contributed by atoms with Crippen LogP contribution in [0.3, 0.4) is 0 Å². The lowest BCUT2D eigenvalue weighted by Gasteiger charge is -2.01. The fourth-order valence-corrected chi connectivity index (χ4v) is 1.22. The Bertz CT molecular complexity index is 307. The highest BCUT2D eigenvalue weighted by Crippen LogP contribution is 2.22. The number of carbonyl (C=O) groups is 1. The first-order valence-electron chi connectivity index (χ1n) is 3.47. The molecule has 0 aromatic heterocycles. The molecule has 0 atom stereocenters. The molecule has 0 aliphatic heterocycles. The van der Waals surface area contributed by atoms with Crippen molar-refractivity contribution in [2.45, 2.75) is 6.92 Å². The first kappa shape index (κ1) is 9.26. The molecule has 0 saturated carbocycles. The minimum Gasteiger partial charge on any atom is -0.507 e. The third kappa shape index (κ3) is 1.85. The third-order valence-electron chi connectivity index (χ3n) is 1.49. The number of aromatic hydroxyl groups is 1. The van der Waals surface area contributed by atoms with Gasteiger partial charge in [-0.15, -0.1) is 0 Å². The molecule has 2 nitrogen and oxygen atoms in total. The molecule has 0 aliphatic carbocycles. The molecule has 0 aliphatic rings. The van der Waals surface area contributed by atoms with E-state index < -0.39 is 0 Å². The van der Waals surface area contributed by atoms with Crippen LogP contribution < -0.4 is 0 Å². The summed E-state index contributed by atoms with van der Waals surface area (Å²) in [6, 6.07) is 4.76. The van der Waals surface area contributed by atoms with Gasteiger partial charge in [0.2, 0.25) is 0 Å². The quantitative estimate of drug-likeness (QED) is 0.789. The lowest BCUT2D eigenvalue weighted by molar-refractivity contribution is 0.102. The van der Waals surface area contributed by atoms with Crippen molar-refractivity contribution in [3.8, 4) is 5.75 Å². The average Bonchev–Trinajstić information content (AvgIpc) is 2.08. The number of rotatable bonds is 2. The van der Waals surface area contributed by atoms with E-state index in [0.29, 0.717) is 5.56 Å². The maximum atomic E-state index is 11.2. The van der Waals surface area contributed by atoms with Gasteiger partial charge >= 0.3 is 0 Å². The predicted molar refractivity (Wildman–Crippen MR) is 50.1 cm³/mol. The molecule has 12 heavy (non-hydrogen) atoms. The van der Waals surface area contributed by atoms with Crippen molar-refractivity contribution < 1.29 is 9.90 Å². The molecule has 1 radical (unpaired) electrons. The third-order valence-corrected chi connectivity index (χ3v) is 1.98. The zero-order valence-electron chi connectivity index (χ0n) is 6.54. The van der Waals surface area contributed by atoms with Crippen LogP contribution in [-0.4, -0.2) is 10.9 Å². The zero-order valence-corrected chi connectivity index (χ0v) is 8.13. The molecule has 0 saturated heterocycles. The Labute approximate surface area is 79.3 Å². The summed E-state index contributed by atoms with van der Waals surface area (Å²) in [4.78, 5) is 11.2. The van der Waals surface area contributed by atoms with E-state index in [1.165, 1.54) is 12.5 Å². The van der Waals surface area contributed by atoms with Gasteiger partial charge in [0.05, 0.1) is 5.56 Å². The Morgan fingerprint density at radius 1 is 1.58 bits per heavy atom. The second kappa shape index (κ2) is 3.72. The van der Waals surface area contributed by atoms with E-state index in [1.807, 2.05) is 0 Å². The highest BCUT2D eigenvalue weighted by Gasteiger charge is 2.08. The number of phenols is 1. The number of hydrogen-bond acceptors (Lipinski definition) is 2. The molecule has 1 aromatic carbocycles. The Balaban J connectivity index is 3.13. The molecule has 0 fully saturated rings. The van der Waals surface area contributed by atoms with Crippen LogP contribution >= 0.6 is 15.9 Å². The molecule has 0 heterocycles. The summed E-state index contributed by atoms with van der Waals surface area (Å²) < 4.78 is 0.783. The van der Waals surface area contributed by atoms with Crippen molar-refractivity contribution in [2.75, 3.05) is 0 Å². The van der Waals surface area contributed by atoms with Crippen LogP contribution in [0.4, 0.5) is 0 Å². The molecule has 0 amide bonds. The minimum absolute atomic E-state index is 0.0151. The second-order valence-corrected chi connectivity index (χ2v) is 3.23. The van der Waals surface area contributed by atoms with E-state index in [0.717, 1.165) is 4.47 Å². The Morgan fingerprint density at radius 2 is 2.25 bits per heavy atom. The average molecular weight is 228 g/mol. The van der Waals surface area contributed by atoms with Crippen LogP contribution in [0, 0.1) is 6.42 Å². The van der Waals surface area contributed by atoms with Gasteiger partial charge in [-0.05, 0) is 18.2 Å². The Kier molecular flexibility index (Phi) is 2.87. The van der Waals surface area contributed by atoms with Gasteiger partial charge in [-0.3, -0.25) is 4.79 Å². The van der Waals surface area contributed by atoms with Gasteiger partial charge in [0.1, 0.15) is 5.75 Å². The highest BCUT2D eigenvalue weighted by molar-refractivity contribution is 9.10. The smallest absolute Gasteiger partial charge is 0.170 e. The van der Waals surface area contributed by atoms with E-state index in [-0.39, 0.29) is 11.5 Å². The number of Topliss-reactive ketones (excluding diaryl/α,β-unsaturated/α-hetero) is 1. The first-order chi connectivity index (χ1) is 5.65. The number of carbonyl (C=O) groups excluding carboxylic acids is 1. The fraction of sp³-hybridized carbons (Fsp3) is 0.111. The summed E-state index contributed by atoms with van der Waals surface area (Å²) in [5.74, 6) is -0.157. The molecule has 0 bridgehead atoms. The zero-order chi connectivity index (χ0) is 9.14. The maximum absolute atomic E-state index is 11.2. The Hall–Kier alpha value is -0.830. The Morgan fingerprint density at radius 3 is 2.83 bits per heavy atom. The van der Waals surface area contributed by atoms with E-state index >= 15 is 0 Å². The van der Waals surface area contributed by atoms with Gasteiger partial charge in [-0.25, -0.2) is 0 Å². The first-order valence-corrected chi connectivity index (χ1v) is 4.26. The fourth-order valence-electron chi connectivity index (χ4n) is 0.861. The SMILES string of the molecule is C[CH]C(=O)c1cc(Br)ccc1O. The summed E-state index contributed by atoms with van der Waals surface area (Å²) in [6.45, 7) is 1.64. The lowest BCUT2D eigenvalue weighted by Crippen LogP contribution is -1.97. The molecule has 3 heteroatoms.